The first-order chi connectivity index (χ1) is 14.8. The van der Waals surface area contributed by atoms with Crippen molar-refractivity contribution in [1.82, 2.24) is 19.6 Å². The predicted molar refractivity (Wildman–Crippen MR) is 109 cm³/mol. The molecule has 7 nitrogen and oxygen atoms in total. The molecule has 0 unspecified atom stereocenters. The van der Waals surface area contributed by atoms with Crippen LogP contribution < -0.4 is 0 Å². The standard InChI is InChI=1S/C22H26F2N4O3/c1-14(2)13-31-22(30)27-10-8-26(9-11-27)21(29)20-16-4-3-5-19(16)28(25-20)15-6-7-17(23)18(24)12-15/h6-7,12,14H,3-5,8-11,13H2,1-2H3. The molecule has 31 heavy (non-hydrogen) atoms. The summed E-state index contributed by atoms with van der Waals surface area (Å²) in [5, 5.41) is 4.48. The molecule has 0 saturated carbocycles. The highest BCUT2D eigenvalue weighted by atomic mass is 19.2. The molecule has 2 amide bonds. The summed E-state index contributed by atoms with van der Waals surface area (Å²) < 4.78 is 33.9. The highest BCUT2D eigenvalue weighted by Crippen LogP contribution is 2.29. The van der Waals surface area contributed by atoms with Gasteiger partial charge in [0.25, 0.3) is 5.91 Å². The Morgan fingerprint density at radius 1 is 1.06 bits per heavy atom. The topological polar surface area (TPSA) is 67.7 Å². The van der Waals surface area contributed by atoms with Gasteiger partial charge in [0.2, 0.25) is 0 Å². The van der Waals surface area contributed by atoms with E-state index in [1.807, 2.05) is 13.8 Å². The Kier molecular flexibility index (Phi) is 5.93. The average Bonchev–Trinajstić information content (AvgIpc) is 3.36. The van der Waals surface area contributed by atoms with Crippen LogP contribution in [0.15, 0.2) is 18.2 Å². The summed E-state index contributed by atoms with van der Waals surface area (Å²) in [6, 6.07) is 3.61. The summed E-state index contributed by atoms with van der Waals surface area (Å²) in [7, 11) is 0. The van der Waals surface area contributed by atoms with Gasteiger partial charge in [-0.1, -0.05) is 13.8 Å². The van der Waals surface area contributed by atoms with Crippen LogP contribution in [0.4, 0.5) is 13.6 Å². The lowest BCUT2D eigenvalue weighted by Crippen LogP contribution is -2.51. The fourth-order valence-corrected chi connectivity index (χ4v) is 4.01. The van der Waals surface area contributed by atoms with Crippen LogP contribution in [0.25, 0.3) is 5.69 Å². The van der Waals surface area contributed by atoms with Gasteiger partial charge in [-0.3, -0.25) is 4.79 Å². The molecule has 2 heterocycles. The number of benzene rings is 1. The Morgan fingerprint density at radius 3 is 2.45 bits per heavy atom. The Hall–Kier alpha value is -2.97. The van der Waals surface area contributed by atoms with E-state index in [-0.39, 0.29) is 17.9 Å². The summed E-state index contributed by atoms with van der Waals surface area (Å²) in [6.07, 6.45) is 1.97. The fourth-order valence-electron chi connectivity index (χ4n) is 4.01. The van der Waals surface area contributed by atoms with E-state index in [0.717, 1.165) is 42.7 Å². The number of carbonyl (C=O) groups is 2. The van der Waals surface area contributed by atoms with Gasteiger partial charge >= 0.3 is 6.09 Å². The number of fused-ring (bicyclic) bond motifs is 1. The second-order valence-electron chi connectivity index (χ2n) is 8.39. The van der Waals surface area contributed by atoms with Gasteiger partial charge in [-0.15, -0.1) is 0 Å². The Morgan fingerprint density at radius 2 is 1.77 bits per heavy atom. The highest BCUT2D eigenvalue weighted by Gasteiger charge is 2.32. The van der Waals surface area contributed by atoms with Gasteiger partial charge in [-0.05, 0) is 37.3 Å². The number of carbonyl (C=O) groups excluding carboxylic acids is 2. The zero-order valence-corrected chi connectivity index (χ0v) is 17.7. The first-order valence-corrected chi connectivity index (χ1v) is 10.6. The lowest BCUT2D eigenvalue weighted by atomic mass is 10.1. The maximum atomic E-state index is 13.7. The van der Waals surface area contributed by atoms with Crippen molar-refractivity contribution in [3.8, 4) is 5.69 Å². The van der Waals surface area contributed by atoms with Crippen LogP contribution >= 0.6 is 0 Å². The summed E-state index contributed by atoms with van der Waals surface area (Å²) in [4.78, 5) is 28.6. The largest absolute Gasteiger partial charge is 0.449 e. The van der Waals surface area contributed by atoms with Crippen LogP contribution in [-0.2, 0) is 17.6 Å². The van der Waals surface area contributed by atoms with Gasteiger partial charge < -0.3 is 14.5 Å². The number of piperazine rings is 1. The zero-order chi connectivity index (χ0) is 22.1. The third-order valence-electron chi connectivity index (χ3n) is 5.65. The SMILES string of the molecule is CC(C)COC(=O)N1CCN(C(=O)c2nn(-c3ccc(F)c(F)c3)c3c2CCC3)CC1. The molecule has 0 spiro atoms. The molecule has 0 N–H and O–H groups in total. The van der Waals surface area contributed by atoms with Gasteiger partial charge in [-0.2, -0.15) is 5.10 Å². The second-order valence-corrected chi connectivity index (χ2v) is 8.39. The number of amides is 2. The lowest BCUT2D eigenvalue weighted by molar-refractivity contribution is 0.0530. The molecule has 1 saturated heterocycles. The molecule has 0 atom stereocenters. The minimum absolute atomic E-state index is 0.199. The van der Waals surface area contributed by atoms with Crippen molar-refractivity contribution in [2.75, 3.05) is 32.8 Å². The van der Waals surface area contributed by atoms with Gasteiger partial charge in [-0.25, -0.2) is 18.3 Å². The number of aromatic nitrogens is 2. The monoisotopic (exact) mass is 432 g/mol. The molecule has 2 aliphatic rings. The van der Waals surface area contributed by atoms with Crippen molar-refractivity contribution in [2.24, 2.45) is 5.92 Å². The van der Waals surface area contributed by atoms with E-state index in [4.69, 9.17) is 4.74 Å². The fraction of sp³-hybridized carbons (Fsp3) is 0.500. The average molecular weight is 432 g/mol. The van der Waals surface area contributed by atoms with Gasteiger partial charge in [0, 0.05) is 43.5 Å². The molecule has 2 aromatic rings. The molecule has 1 aromatic heterocycles. The number of nitrogens with zero attached hydrogens (tertiary/aromatic N) is 4. The summed E-state index contributed by atoms with van der Waals surface area (Å²) >= 11 is 0. The van der Waals surface area contributed by atoms with Gasteiger partial charge in [0.05, 0.1) is 12.3 Å². The number of hydrogen-bond acceptors (Lipinski definition) is 4. The predicted octanol–water partition coefficient (Wildman–Crippen LogP) is 3.19. The highest BCUT2D eigenvalue weighted by molar-refractivity contribution is 5.94. The van der Waals surface area contributed by atoms with Crippen LogP contribution in [0.1, 0.15) is 42.0 Å². The molecule has 9 heteroatoms. The molecular weight excluding hydrogens is 406 g/mol. The maximum absolute atomic E-state index is 13.7. The summed E-state index contributed by atoms with van der Waals surface area (Å²) in [6.45, 7) is 5.89. The summed E-state index contributed by atoms with van der Waals surface area (Å²) in [5.41, 5.74) is 2.49. The zero-order valence-electron chi connectivity index (χ0n) is 17.7. The van der Waals surface area contributed by atoms with Gasteiger partial charge in [0.1, 0.15) is 0 Å². The molecular formula is C22H26F2N4O3. The number of rotatable bonds is 4. The van der Waals surface area contributed by atoms with Crippen molar-refractivity contribution in [1.29, 1.82) is 0 Å². The molecule has 166 valence electrons. The van der Waals surface area contributed by atoms with Crippen LogP contribution in [0.5, 0.6) is 0 Å². The Labute approximate surface area is 179 Å². The van der Waals surface area contributed by atoms with Crippen LogP contribution in [-0.4, -0.2) is 64.4 Å². The Balaban J connectivity index is 1.49. The minimum Gasteiger partial charge on any atom is -0.449 e. The smallest absolute Gasteiger partial charge is 0.409 e. The van der Waals surface area contributed by atoms with E-state index in [1.54, 1.807) is 14.5 Å². The van der Waals surface area contributed by atoms with Crippen molar-refractivity contribution in [3.05, 3.63) is 46.8 Å². The molecule has 0 bridgehead atoms. The van der Waals surface area contributed by atoms with Gasteiger partial charge in [0.15, 0.2) is 17.3 Å². The first kappa shape index (κ1) is 21.3. The lowest BCUT2D eigenvalue weighted by Gasteiger charge is -2.34. The molecule has 1 aliphatic heterocycles. The molecule has 1 fully saturated rings. The number of hydrogen-bond donors (Lipinski definition) is 0. The van der Waals surface area contributed by atoms with E-state index in [2.05, 4.69) is 5.10 Å². The van der Waals surface area contributed by atoms with Crippen molar-refractivity contribution < 1.29 is 23.1 Å². The number of ether oxygens (including phenoxy) is 1. The molecule has 4 rings (SSSR count). The van der Waals surface area contributed by atoms with E-state index in [1.165, 1.54) is 6.07 Å². The summed E-state index contributed by atoms with van der Waals surface area (Å²) in [5.74, 6) is -1.81. The maximum Gasteiger partial charge on any atom is 0.409 e. The van der Waals surface area contributed by atoms with Crippen molar-refractivity contribution >= 4 is 12.0 Å². The Bertz CT molecular complexity index is 997. The van der Waals surface area contributed by atoms with Crippen LogP contribution in [0.3, 0.4) is 0 Å². The first-order valence-electron chi connectivity index (χ1n) is 10.6. The second kappa shape index (κ2) is 8.64. The quantitative estimate of drug-likeness (QED) is 0.744. The molecule has 0 radical (unpaired) electrons. The molecule has 1 aliphatic carbocycles. The van der Waals surface area contributed by atoms with E-state index < -0.39 is 11.6 Å². The van der Waals surface area contributed by atoms with E-state index >= 15 is 0 Å². The third-order valence-corrected chi connectivity index (χ3v) is 5.65. The van der Waals surface area contributed by atoms with E-state index in [0.29, 0.717) is 44.2 Å². The van der Waals surface area contributed by atoms with Crippen LogP contribution in [0.2, 0.25) is 0 Å². The normalized spacial score (nSPS) is 16.0. The molecule has 1 aromatic carbocycles. The van der Waals surface area contributed by atoms with Crippen molar-refractivity contribution in [2.45, 2.75) is 33.1 Å². The number of halogens is 2. The van der Waals surface area contributed by atoms with E-state index in [9.17, 15) is 18.4 Å². The van der Waals surface area contributed by atoms with Crippen LogP contribution in [0, 0.1) is 17.6 Å². The third kappa shape index (κ3) is 4.26. The minimum atomic E-state index is -0.951. The van der Waals surface area contributed by atoms with Crippen molar-refractivity contribution in [3.63, 3.8) is 0 Å².